The molecular formula is C28H30N2O5. The smallest absolute Gasteiger partial charge is 0.407 e. The fraction of sp³-hybridized carbons (Fsp3) is 0.393. The van der Waals surface area contributed by atoms with E-state index < -0.39 is 23.5 Å². The number of carboxylic acid groups (broad SMARTS) is 1. The number of fused-ring (bicyclic) bond motifs is 3. The first kappa shape index (κ1) is 23.1. The lowest BCUT2D eigenvalue weighted by molar-refractivity contribution is -0.142. The molecule has 2 unspecified atom stereocenters. The summed E-state index contributed by atoms with van der Waals surface area (Å²) < 4.78 is 5.68. The maximum absolute atomic E-state index is 12.8. The third-order valence-electron chi connectivity index (χ3n) is 7.54. The van der Waals surface area contributed by atoms with Crippen LogP contribution in [0.15, 0.2) is 60.7 Å². The van der Waals surface area contributed by atoms with E-state index in [4.69, 9.17) is 4.74 Å². The van der Waals surface area contributed by atoms with Crippen LogP contribution < -0.4 is 10.6 Å². The van der Waals surface area contributed by atoms with Gasteiger partial charge in [-0.15, -0.1) is 0 Å². The van der Waals surface area contributed by atoms with E-state index in [1.54, 1.807) is 6.08 Å². The van der Waals surface area contributed by atoms with Gasteiger partial charge in [0.1, 0.15) is 6.61 Å². The predicted molar refractivity (Wildman–Crippen MR) is 131 cm³/mol. The highest BCUT2D eigenvalue weighted by molar-refractivity contribution is 5.81. The van der Waals surface area contributed by atoms with Crippen LogP contribution in [0.25, 0.3) is 11.1 Å². The van der Waals surface area contributed by atoms with Gasteiger partial charge in [-0.1, -0.05) is 60.7 Å². The van der Waals surface area contributed by atoms with Crippen molar-refractivity contribution in [2.45, 2.75) is 56.0 Å². The zero-order chi connectivity index (χ0) is 24.4. The molecule has 7 nitrogen and oxygen atoms in total. The van der Waals surface area contributed by atoms with E-state index in [1.807, 2.05) is 30.3 Å². The molecule has 0 heterocycles. The Kier molecular flexibility index (Phi) is 6.32. The highest BCUT2D eigenvalue weighted by Crippen LogP contribution is 2.44. The Morgan fingerprint density at radius 1 is 1.00 bits per heavy atom. The fourth-order valence-electron chi connectivity index (χ4n) is 5.56. The Hall–Kier alpha value is -3.61. The van der Waals surface area contributed by atoms with Gasteiger partial charge in [-0.25, -0.2) is 4.79 Å². The fourth-order valence-corrected chi connectivity index (χ4v) is 5.56. The summed E-state index contributed by atoms with van der Waals surface area (Å²) in [5, 5.41) is 15.1. The van der Waals surface area contributed by atoms with Crippen molar-refractivity contribution in [3.8, 4) is 11.1 Å². The molecule has 0 aliphatic heterocycles. The summed E-state index contributed by atoms with van der Waals surface area (Å²) >= 11 is 0. The average Bonchev–Trinajstić information content (AvgIpc) is 3.15. The molecule has 7 heteroatoms. The number of allylic oxidation sites excluding steroid dienone is 1. The molecule has 35 heavy (non-hydrogen) atoms. The quantitative estimate of drug-likeness (QED) is 0.517. The zero-order valence-electron chi connectivity index (χ0n) is 19.5. The van der Waals surface area contributed by atoms with Crippen molar-refractivity contribution >= 4 is 18.0 Å². The van der Waals surface area contributed by atoms with Gasteiger partial charge in [0.25, 0.3) is 0 Å². The topological polar surface area (TPSA) is 105 Å². The second-order valence-corrected chi connectivity index (χ2v) is 9.87. The molecule has 1 saturated carbocycles. The Morgan fingerprint density at radius 2 is 1.66 bits per heavy atom. The third-order valence-corrected chi connectivity index (χ3v) is 7.54. The van der Waals surface area contributed by atoms with Crippen LogP contribution in [0.2, 0.25) is 0 Å². The first-order valence-electron chi connectivity index (χ1n) is 12.3. The molecule has 2 aromatic rings. The van der Waals surface area contributed by atoms with Crippen LogP contribution in [0.1, 0.15) is 55.6 Å². The van der Waals surface area contributed by atoms with Crippen LogP contribution in [-0.2, 0) is 14.3 Å². The monoisotopic (exact) mass is 474 g/mol. The van der Waals surface area contributed by atoms with E-state index in [9.17, 15) is 19.5 Å². The van der Waals surface area contributed by atoms with Crippen LogP contribution >= 0.6 is 0 Å². The maximum Gasteiger partial charge on any atom is 0.407 e. The number of alkyl carbamates (subject to hydrolysis) is 1. The van der Waals surface area contributed by atoms with E-state index in [1.165, 1.54) is 11.1 Å². The van der Waals surface area contributed by atoms with E-state index in [0.29, 0.717) is 25.7 Å². The van der Waals surface area contributed by atoms with Crippen LogP contribution in [0.5, 0.6) is 0 Å². The van der Waals surface area contributed by atoms with Gasteiger partial charge in [0.05, 0.1) is 11.5 Å². The van der Waals surface area contributed by atoms with E-state index >= 15 is 0 Å². The van der Waals surface area contributed by atoms with Gasteiger partial charge in [-0.05, 0) is 54.4 Å². The van der Waals surface area contributed by atoms with Gasteiger partial charge in [0.15, 0.2) is 0 Å². The molecule has 0 spiro atoms. The summed E-state index contributed by atoms with van der Waals surface area (Å²) in [5.74, 6) is -1.54. The second kappa shape index (κ2) is 9.56. The summed E-state index contributed by atoms with van der Waals surface area (Å²) in [6.07, 6.45) is 6.51. The number of ether oxygens (including phenoxy) is 1. The molecule has 0 bridgehead atoms. The number of aliphatic carboxylic acids is 1. The van der Waals surface area contributed by atoms with Gasteiger partial charge in [0, 0.05) is 18.4 Å². The number of hydrogen-bond donors (Lipinski definition) is 3. The van der Waals surface area contributed by atoms with Crippen molar-refractivity contribution in [2.75, 3.05) is 6.61 Å². The van der Waals surface area contributed by atoms with E-state index in [-0.39, 0.29) is 30.9 Å². The minimum absolute atomic E-state index is 0.0194. The summed E-state index contributed by atoms with van der Waals surface area (Å²) in [6, 6.07) is 16.1. The van der Waals surface area contributed by atoms with Crippen molar-refractivity contribution in [1.29, 1.82) is 0 Å². The first-order valence-corrected chi connectivity index (χ1v) is 12.3. The molecule has 2 amide bonds. The summed E-state index contributed by atoms with van der Waals surface area (Å²) in [6.45, 7) is 0.228. The molecular weight excluding hydrogens is 444 g/mol. The van der Waals surface area contributed by atoms with Gasteiger partial charge < -0.3 is 20.5 Å². The number of nitrogens with one attached hydrogen (secondary N) is 2. The molecule has 3 N–H and O–H groups in total. The van der Waals surface area contributed by atoms with Crippen molar-refractivity contribution in [3.63, 3.8) is 0 Å². The second-order valence-electron chi connectivity index (χ2n) is 9.87. The van der Waals surface area contributed by atoms with E-state index in [0.717, 1.165) is 17.5 Å². The molecule has 2 atom stereocenters. The Morgan fingerprint density at radius 3 is 2.26 bits per heavy atom. The Bertz CT molecular complexity index is 1120. The highest BCUT2D eigenvalue weighted by atomic mass is 16.5. The standard InChI is InChI=1S/C28H30N2O5/c31-25(29-19-8-5-7-18(15-19)26(32)33)16-28(13-6-14-28)30-27(34)35-17-24-22-11-3-1-9-20(22)21-10-2-4-12-23(21)24/h1-5,8-12,18-19,24H,6-7,13-17H2,(H,29,31)(H,30,34)(H,32,33). The summed E-state index contributed by atoms with van der Waals surface area (Å²) in [4.78, 5) is 36.8. The molecule has 1 fully saturated rings. The number of carboxylic acids is 1. The molecule has 0 saturated heterocycles. The van der Waals surface area contributed by atoms with E-state index in [2.05, 4.69) is 34.9 Å². The number of carbonyl (C=O) groups excluding carboxylic acids is 2. The van der Waals surface area contributed by atoms with Crippen LogP contribution in [-0.4, -0.2) is 41.3 Å². The average molecular weight is 475 g/mol. The maximum atomic E-state index is 12.8. The van der Waals surface area contributed by atoms with Gasteiger partial charge in [0.2, 0.25) is 5.91 Å². The lowest BCUT2D eigenvalue weighted by Gasteiger charge is -2.42. The van der Waals surface area contributed by atoms with Crippen LogP contribution in [0, 0.1) is 5.92 Å². The van der Waals surface area contributed by atoms with Gasteiger partial charge in [-0.2, -0.15) is 0 Å². The first-order chi connectivity index (χ1) is 16.9. The zero-order valence-corrected chi connectivity index (χ0v) is 19.5. The number of carbonyl (C=O) groups is 3. The number of rotatable bonds is 7. The Balaban J connectivity index is 1.17. The summed E-state index contributed by atoms with van der Waals surface area (Å²) in [5.41, 5.74) is 4.04. The largest absolute Gasteiger partial charge is 0.481 e. The lowest BCUT2D eigenvalue weighted by atomic mass is 9.74. The van der Waals surface area contributed by atoms with Gasteiger partial charge >= 0.3 is 12.1 Å². The van der Waals surface area contributed by atoms with Crippen LogP contribution in [0.4, 0.5) is 4.79 Å². The molecule has 5 rings (SSSR count). The number of amides is 2. The minimum Gasteiger partial charge on any atom is -0.481 e. The molecule has 0 aromatic heterocycles. The third kappa shape index (κ3) is 4.81. The normalized spacial score (nSPS) is 21.8. The predicted octanol–water partition coefficient (Wildman–Crippen LogP) is 4.37. The lowest BCUT2D eigenvalue weighted by Crippen LogP contribution is -2.56. The van der Waals surface area contributed by atoms with Gasteiger partial charge in [-0.3, -0.25) is 9.59 Å². The van der Waals surface area contributed by atoms with Crippen molar-refractivity contribution < 1.29 is 24.2 Å². The number of benzene rings is 2. The Labute approximate surface area is 204 Å². The summed E-state index contributed by atoms with van der Waals surface area (Å²) in [7, 11) is 0. The molecule has 0 radical (unpaired) electrons. The highest BCUT2D eigenvalue weighted by Gasteiger charge is 2.41. The molecule has 3 aliphatic carbocycles. The van der Waals surface area contributed by atoms with Crippen LogP contribution in [0.3, 0.4) is 0 Å². The number of hydrogen-bond acceptors (Lipinski definition) is 4. The van der Waals surface area contributed by atoms with Crippen molar-refractivity contribution in [1.82, 2.24) is 10.6 Å². The molecule has 3 aliphatic rings. The molecule has 182 valence electrons. The van der Waals surface area contributed by atoms with Crippen molar-refractivity contribution in [3.05, 3.63) is 71.8 Å². The SMILES string of the molecule is O=C(CC1(NC(=O)OCC2c3ccccc3-c3ccccc32)CCC1)NC1C=CCC(C(=O)O)C1. The van der Waals surface area contributed by atoms with Crippen molar-refractivity contribution in [2.24, 2.45) is 5.92 Å². The molecule has 2 aromatic carbocycles. The minimum atomic E-state index is -0.846.